The van der Waals surface area contributed by atoms with Gasteiger partial charge in [-0.2, -0.15) is 0 Å². The van der Waals surface area contributed by atoms with Gasteiger partial charge < -0.3 is 15.7 Å². The van der Waals surface area contributed by atoms with Crippen LogP contribution in [-0.4, -0.2) is 34.6 Å². The molecule has 0 bridgehead atoms. The van der Waals surface area contributed by atoms with Crippen molar-refractivity contribution in [2.75, 3.05) is 11.9 Å². The number of nitrogens with zero attached hydrogens (tertiary/aromatic N) is 1. The van der Waals surface area contributed by atoms with E-state index in [1.165, 1.54) is 6.20 Å². The van der Waals surface area contributed by atoms with E-state index in [-0.39, 0.29) is 11.8 Å². The third kappa shape index (κ3) is 5.06. The Hall–Kier alpha value is -2.11. The Labute approximate surface area is 125 Å². The SMILES string of the molecule is CCCNC(=O)c1ccc(N[C@H](C(=O)O)[C@@H](C)CC)nc1. The number of anilines is 1. The lowest BCUT2D eigenvalue weighted by Gasteiger charge is -2.20. The molecule has 3 N–H and O–H groups in total. The summed E-state index contributed by atoms with van der Waals surface area (Å²) in [6.45, 7) is 6.41. The van der Waals surface area contributed by atoms with Gasteiger partial charge in [0, 0.05) is 12.7 Å². The molecular formula is C15H23N3O3. The molecule has 1 heterocycles. The van der Waals surface area contributed by atoms with Gasteiger partial charge in [0.25, 0.3) is 5.91 Å². The van der Waals surface area contributed by atoms with E-state index in [1.807, 2.05) is 20.8 Å². The molecule has 6 nitrogen and oxygen atoms in total. The van der Waals surface area contributed by atoms with Crippen LogP contribution in [-0.2, 0) is 4.79 Å². The predicted octanol–water partition coefficient (Wildman–Crippen LogP) is 2.13. The number of rotatable bonds is 8. The first-order chi connectivity index (χ1) is 9.99. The second kappa shape index (κ2) is 8.24. The fourth-order valence-electron chi connectivity index (χ4n) is 1.80. The maximum absolute atomic E-state index is 11.7. The van der Waals surface area contributed by atoms with Crippen LogP contribution < -0.4 is 10.6 Å². The van der Waals surface area contributed by atoms with Crippen molar-refractivity contribution in [1.82, 2.24) is 10.3 Å². The van der Waals surface area contributed by atoms with Gasteiger partial charge in [-0.15, -0.1) is 0 Å². The molecule has 0 saturated heterocycles. The Kier molecular flexibility index (Phi) is 6.65. The van der Waals surface area contributed by atoms with Crippen LogP contribution >= 0.6 is 0 Å². The standard InChI is InChI=1S/C15H23N3O3/c1-4-8-16-14(19)11-6-7-12(17-9-11)18-13(15(20)21)10(3)5-2/h6-7,9-10,13H,4-5,8H2,1-3H3,(H,16,19)(H,17,18)(H,20,21)/t10-,13-/m0/s1. The lowest BCUT2D eigenvalue weighted by atomic mass is 9.99. The average molecular weight is 293 g/mol. The number of aliphatic carboxylic acids is 1. The first kappa shape index (κ1) is 16.9. The van der Waals surface area contributed by atoms with Crippen molar-refractivity contribution in [2.24, 2.45) is 5.92 Å². The Morgan fingerprint density at radius 2 is 2.05 bits per heavy atom. The van der Waals surface area contributed by atoms with Crippen LogP contribution in [0.25, 0.3) is 0 Å². The molecule has 1 aromatic rings. The molecule has 21 heavy (non-hydrogen) atoms. The second-order valence-electron chi connectivity index (χ2n) is 5.03. The fraction of sp³-hybridized carbons (Fsp3) is 0.533. The Balaban J connectivity index is 2.73. The predicted molar refractivity (Wildman–Crippen MR) is 81.4 cm³/mol. The number of carbonyl (C=O) groups is 2. The van der Waals surface area contributed by atoms with Crippen molar-refractivity contribution in [1.29, 1.82) is 0 Å². The molecule has 0 aliphatic rings. The highest BCUT2D eigenvalue weighted by Gasteiger charge is 2.23. The number of nitrogens with one attached hydrogen (secondary N) is 2. The van der Waals surface area contributed by atoms with Crippen LogP contribution in [0, 0.1) is 5.92 Å². The molecule has 0 aliphatic heterocycles. The summed E-state index contributed by atoms with van der Waals surface area (Å²) in [7, 11) is 0. The maximum Gasteiger partial charge on any atom is 0.326 e. The number of carboxylic acids is 1. The van der Waals surface area contributed by atoms with Crippen LogP contribution in [0.5, 0.6) is 0 Å². The van der Waals surface area contributed by atoms with Crippen LogP contribution in [0.3, 0.4) is 0 Å². The van der Waals surface area contributed by atoms with Gasteiger partial charge in [0.05, 0.1) is 5.56 Å². The van der Waals surface area contributed by atoms with E-state index in [4.69, 9.17) is 0 Å². The molecule has 0 spiro atoms. The number of carboxylic acid groups (broad SMARTS) is 1. The average Bonchev–Trinajstić information content (AvgIpc) is 2.49. The topological polar surface area (TPSA) is 91.3 Å². The minimum Gasteiger partial charge on any atom is -0.480 e. The molecule has 2 atom stereocenters. The molecule has 116 valence electrons. The minimum atomic E-state index is -0.907. The third-order valence-electron chi connectivity index (χ3n) is 3.34. The normalized spacial score (nSPS) is 13.3. The zero-order chi connectivity index (χ0) is 15.8. The van der Waals surface area contributed by atoms with Gasteiger partial charge in [-0.25, -0.2) is 9.78 Å². The molecule has 0 unspecified atom stereocenters. The van der Waals surface area contributed by atoms with E-state index in [0.717, 1.165) is 12.8 Å². The summed E-state index contributed by atoms with van der Waals surface area (Å²) in [5.74, 6) is -0.643. The highest BCUT2D eigenvalue weighted by atomic mass is 16.4. The van der Waals surface area contributed by atoms with Gasteiger partial charge in [0.2, 0.25) is 0 Å². The Bertz CT molecular complexity index is 474. The first-order valence-electron chi connectivity index (χ1n) is 7.23. The highest BCUT2D eigenvalue weighted by molar-refractivity contribution is 5.94. The fourth-order valence-corrected chi connectivity index (χ4v) is 1.80. The molecule has 0 radical (unpaired) electrons. The van der Waals surface area contributed by atoms with Crippen LogP contribution in [0.4, 0.5) is 5.82 Å². The Morgan fingerprint density at radius 1 is 1.33 bits per heavy atom. The lowest BCUT2D eigenvalue weighted by Crippen LogP contribution is -2.35. The number of amides is 1. The quantitative estimate of drug-likeness (QED) is 0.683. The zero-order valence-corrected chi connectivity index (χ0v) is 12.7. The molecule has 0 fully saturated rings. The molecule has 6 heteroatoms. The molecule has 1 rings (SSSR count). The third-order valence-corrected chi connectivity index (χ3v) is 3.34. The van der Waals surface area contributed by atoms with Gasteiger partial charge in [-0.3, -0.25) is 4.79 Å². The van der Waals surface area contributed by atoms with Gasteiger partial charge in [-0.1, -0.05) is 27.2 Å². The molecular weight excluding hydrogens is 270 g/mol. The monoisotopic (exact) mass is 293 g/mol. The summed E-state index contributed by atoms with van der Waals surface area (Å²) in [6, 6.07) is 2.57. The second-order valence-corrected chi connectivity index (χ2v) is 5.03. The number of pyridine rings is 1. The summed E-state index contributed by atoms with van der Waals surface area (Å²) in [6.07, 6.45) is 3.07. The lowest BCUT2D eigenvalue weighted by molar-refractivity contribution is -0.139. The van der Waals surface area contributed by atoms with Gasteiger partial charge in [0.15, 0.2) is 0 Å². The van der Waals surface area contributed by atoms with E-state index < -0.39 is 12.0 Å². The van der Waals surface area contributed by atoms with Gasteiger partial charge in [0.1, 0.15) is 11.9 Å². The molecule has 0 aromatic carbocycles. The summed E-state index contributed by atoms with van der Waals surface area (Å²) in [4.78, 5) is 27.1. The van der Waals surface area contributed by atoms with Crippen molar-refractivity contribution in [3.05, 3.63) is 23.9 Å². The number of aromatic nitrogens is 1. The summed E-state index contributed by atoms with van der Waals surface area (Å²) >= 11 is 0. The molecule has 1 aromatic heterocycles. The molecule has 0 saturated carbocycles. The summed E-state index contributed by atoms with van der Waals surface area (Å²) in [5, 5.41) is 14.9. The van der Waals surface area contributed by atoms with Crippen molar-refractivity contribution in [3.8, 4) is 0 Å². The summed E-state index contributed by atoms with van der Waals surface area (Å²) < 4.78 is 0. The van der Waals surface area contributed by atoms with Crippen molar-refractivity contribution in [3.63, 3.8) is 0 Å². The van der Waals surface area contributed by atoms with E-state index in [2.05, 4.69) is 15.6 Å². The van der Waals surface area contributed by atoms with E-state index >= 15 is 0 Å². The number of hydrogen-bond donors (Lipinski definition) is 3. The zero-order valence-electron chi connectivity index (χ0n) is 12.7. The van der Waals surface area contributed by atoms with Crippen molar-refractivity contribution < 1.29 is 14.7 Å². The highest BCUT2D eigenvalue weighted by Crippen LogP contribution is 2.14. The van der Waals surface area contributed by atoms with E-state index in [9.17, 15) is 14.7 Å². The van der Waals surface area contributed by atoms with Crippen molar-refractivity contribution in [2.45, 2.75) is 39.7 Å². The first-order valence-corrected chi connectivity index (χ1v) is 7.23. The van der Waals surface area contributed by atoms with E-state index in [1.54, 1.807) is 12.1 Å². The number of hydrogen-bond acceptors (Lipinski definition) is 4. The van der Waals surface area contributed by atoms with Crippen LogP contribution in [0.15, 0.2) is 18.3 Å². The van der Waals surface area contributed by atoms with Gasteiger partial charge in [-0.05, 0) is 24.5 Å². The largest absolute Gasteiger partial charge is 0.480 e. The summed E-state index contributed by atoms with van der Waals surface area (Å²) in [5.41, 5.74) is 0.462. The van der Waals surface area contributed by atoms with E-state index in [0.29, 0.717) is 17.9 Å². The van der Waals surface area contributed by atoms with Crippen molar-refractivity contribution >= 4 is 17.7 Å². The van der Waals surface area contributed by atoms with Crippen LogP contribution in [0.2, 0.25) is 0 Å². The smallest absolute Gasteiger partial charge is 0.326 e. The molecule has 1 amide bonds. The number of carbonyl (C=O) groups excluding carboxylic acids is 1. The minimum absolute atomic E-state index is 0.0168. The van der Waals surface area contributed by atoms with Gasteiger partial charge >= 0.3 is 5.97 Å². The molecule has 0 aliphatic carbocycles. The van der Waals surface area contributed by atoms with Crippen LogP contribution in [0.1, 0.15) is 44.0 Å². The maximum atomic E-state index is 11.7. The Morgan fingerprint density at radius 3 is 2.52 bits per heavy atom.